The minimum absolute atomic E-state index is 0.248. The van der Waals surface area contributed by atoms with Gasteiger partial charge in [0.25, 0.3) is 0 Å². The zero-order chi connectivity index (χ0) is 15.5. The molecule has 1 aromatic rings. The predicted octanol–water partition coefficient (Wildman–Crippen LogP) is 2.78. The fourth-order valence-electron chi connectivity index (χ4n) is 3.57. The van der Waals surface area contributed by atoms with Gasteiger partial charge in [0.15, 0.2) is 0 Å². The van der Waals surface area contributed by atoms with Crippen molar-refractivity contribution >= 4 is 17.8 Å². The molecule has 2 aliphatic rings. The van der Waals surface area contributed by atoms with Gasteiger partial charge in [-0.3, -0.25) is 19.8 Å². The molecule has 1 aliphatic carbocycles. The van der Waals surface area contributed by atoms with E-state index in [2.05, 4.69) is 5.32 Å². The molecule has 2 fully saturated rings. The van der Waals surface area contributed by atoms with Crippen LogP contribution in [0.15, 0.2) is 30.3 Å². The van der Waals surface area contributed by atoms with Crippen molar-refractivity contribution in [2.75, 3.05) is 0 Å². The van der Waals surface area contributed by atoms with E-state index >= 15 is 0 Å². The summed E-state index contributed by atoms with van der Waals surface area (Å²) < 4.78 is 0. The van der Waals surface area contributed by atoms with Crippen LogP contribution in [0.5, 0.6) is 0 Å². The van der Waals surface area contributed by atoms with E-state index in [4.69, 9.17) is 0 Å². The first-order chi connectivity index (χ1) is 10.7. The highest BCUT2D eigenvalue weighted by atomic mass is 16.2. The standard InChI is InChI=1S/C17H20N2O3/c20-14-11-15(21)19(17(22)18-14)16(12-7-3-1-4-8-12)13-9-5-2-6-10-13/h1,3-4,7-8,13,16H,2,5-6,9-11H2,(H,18,20,22). The lowest BCUT2D eigenvalue weighted by Gasteiger charge is -2.39. The summed E-state index contributed by atoms with van der Waals surface area (Å²) in [5.74, 6) is -0.645. The van der Waals surface area contributed by atoms with Crippen LogP contribution in [0.2, 0.25) is 0 Å². The maximum atomic E-state index is 12.3. The van der Waals surface area contributed by atoms with Gasteiger partial charge in [-0.15, -0.1) is 0 Å². The number of carbonyl (C=O) groups is 3. The topological polar surface area (TPSA) is 66.5 Å². The van der Waals surface area contributed by atoms with Gasteiger partial charge in [0, 0.05) is 0 Å². The Labute approximate surface area is 129 Å². The van der Waals surface area contributed by atoms with Crippen LogP contribution in [0.1, 0.15) is 50.1 Å². The molecule has 5 heteroatoms. The van der Waals surface area contributed by atoms with Gasteiger partial charge in [0.2, 0.25) is 11.8 Å². The Balaban J connectivity index is 1.95. The van der Waals surface area contributed by atoms with Crippen LogP contribution in [0, 0.1) is 5.92 Å². The van der Waals surface area contributed by atoms with E-state index in [1.165, 1.54) is 11.3 Å². The van der Waals surface area contributed by atoms with Crippen molar-refractivity contribution < 1.29 is 14.4 Å². The number of barbiturate groups is 1. The Morgan fingerprint density at radius 3 is 2.32 bits per heavy atom. The lowest BCUT2D eigenvalue weighted by molar-refractivity contribution is -0.138. The second kappa shape index (κ2) is 6.30. The first-order valence-corrected chi connectivity index (χ1v) is 7.87. The molecule has 0 radical (unpaired) electrons. The van der Waals surface area contributed by atoms with Crippen molar-refractivity contribution in [2.24, 2.45) is 5.92 Å². The van der Waals surface area contributed by atoms with Crippen LogP contribution < -0.4 is 5.32 Å². The minimum Gasteiger partial charge on any atom is -0.277 e. The summed E-state index contributed by atoms with van der Waals surface area (Å²) in [5, 5.41) is 2.28. The van der Waals surface area contributed by atoms with Crippen molar-refractivity contribution in [1.29, 1.82) is 0 Å². The number of rotatable bonds is 3. The van der Waals surface area contributed by atoms with E-state index in [0.29, 0.717) is 0 Å². The van der Waals surface area contributed by atoms with E-state index in [0.717, 1.165) is 31.2 Å². The minimum atomic E-state index is -0.583. The van der Waals surface area contributed by atoms with Crippen LogP contribution in [-0.4, -0.2) is 22.7 Å². The molecule has 1 aromatic carbocycles. The Hall–Kier alpha value is -2.17. The molecule has 0 bridgehead atoms. The summed E-state index contributed by atoms with van der Waals surface area (Å²) in [4.78, 5) is 37.2. The average Bonchev–Trinajstić information content (AvgIpc) is 2.52. The monoisotopic (exact) mass is 300 g/mol. The number of hydrogen-bond donors (Lipinski definition) is 1. The van der Waals surface area contributed by atoms with Crippen molar-refractivity contribution in [3.05, 3.63) is 35.9 Å². The molecule has 5 nitrogen and oxygen atoms in total. The third kappa shape index (κ3) is 2.89. The first kappa shape index (κ1) is 14.8. The molecule has 0 spiro atoms. The first-order valence-electron chi connectivity index (χ1n) is 7.87. The molecule has 1 saturated carbocycles. The van der Waals surface area contributed by atoms with Crippen LogP contribution in [-0.2, 0) is 9.59 Å². The normalized spacial score (nSPS) is 21.6. The highest BCUT2D eigenvalue weighted by molar-refractivity contribution is 6.14. The van der Waals surface area contributed by atoms with Crippen LogP contribution >= 0.6 is 0 Å². The van der Waals surface area contributed by atoms with Gasteiger partial charge in [-0.05, 0) is 24.3 Å². The van der Waals surface area contributed by atoms with E-state index in [-0.39, 0.29) is 18.4 Å². The van der Waals surface area contributed by atoms with Crippen LogP contribution in [0.25, 0.3) is 0 Å². The lowest BCUT2D eigenvalue weighted by atomic mass is 9.80. The van der Waals surface area contributed by atoms with Crippen molar-refractivity contribution in [3.8, 4) is 0 Å². The Kier molecular flexibility index (Phi) is 4.22. The van der Waals surface area contributed by atoms with Gasteiger partial charge in [0.05, 0.1) is 6.04 Å². The van der Waals surface area contributed by atoms with Gasteiger partial charge in [-0.25, -0.2) is 4.79 Å². The van der Waals surface area contributed by atoms with Gasteiger partial charge < -0.3 is 0 Å². The highest BCUT2D eigenvalue weighted by Gasteiger charge is 2.40. The van der Waals surface area contributed by atoms with E-state index < -0.39 is 17.8 Å². The number of nitrogens with one attached hydrogen (secondary N) is 1. The Morgan fingerprint density at radius 1 is 1.00 bits per heavy atom. The number of hydrogen-bond acceptors (Lipinski definition) is 3. The molecular weight excluding hydrogens is 280 g/mol. The molecule has 1 atom stereocenters. The number of carbonyl (C=O) groups excluding carboxylic acids is 3. The fourth-order valence-corrected chi connectivity index (χ4v) is 3.57. The quantitative estimate of drug-likeness (QED) is 0.873. The smallest absolute Gasteiger partial charge is 0.277 e. The van der Waals surface area contributed by atoms with Gasteiger partial charge in [-0.1, -0.05) is 49.6 Å². The van der Waals surface area contributed by atoms with Gasteiger partial charge in [0.1, 0.15) is 6.42 Å². The molecule has 1 unspecified atom stereocenters. The summed E-state index contributed by atoms with van der Waals surface area (Å²) >= 11 is 0. The van der Waals surface area contributed by atoms with E-state index in [1.54, 1.807) is 0 Å². The highest BCUT2D eigenvalue weighted by Crippen LogP contribution is 2.39. The average molecular weight is 300 g/mol. The summed E-state index contributed by atoms with van der Waals surface area (Å²) in [5.41, 5.74) is 0.965. The van der Waals surface area contributed by atoms with E-state index in [9.17, 15) is 14.4 Å². The Morgan fingerprint density at radius 2 is 1.68 bits per heavy atom. The largest absolute Gasteiger partial charge is 0.331 e. The maximum absolute atomic E-state index is 12.3. The van der Waals surface area contributed by atoms with Crippen molar-refractivity contribution in [2.45, 2.75) is 44.6 Å². The molecule has 3 rings (SSSR count). The summed E-state index contributed by atoms with van der Waals surface area (Å²) in [6.45, 7) is 0. The number of urea groups is 1. The molecular formula is C17H20N2O3. The van der Waals surface area contributed by atoms with Gasteiger partial charge in [-0.2, -0.15) is 0 Å². The van der Waals surface area contributed by atoms with E-state index in [1.807, 2.05) is 30.3 Å². The third-order valence-electron chi connectivity index (χ3n) is 4.56. The molecule has 22 heavy (non-hydrogen) atoms. The molecule has 0 aromatic heterocycles. The molecule has 116 valence electrons. The number of nitrogens with zero attached hydrogens (tertiary/aromatic N) is 1. The SMILES string of the molecule is O=C1CC(=O)N(C(c2ccccc2)C2CCCCC2)C(=O)N1. The third-order valence-corrected chi connectivity index (χ3v) is 4.56. The van der Waals surface area contributed by atoms with Crippen molar-refractivity contribution in [1.82, 2.24) is 10.2 Å². The summed E-state index contributed by atoms with van der Waals surface area (Å²) in [7, 11) is 0. The lowest BCUT2D eigenvalue weighted by Crippen LogP contribution is -2.55. The summed E-state index contributed by atoms with van der Waals surface area (Å²) in [6, 6.07) is 8.81. The predicted molar refractivity (Wildman–Crippen MR) is 80.8 cm³/mol. The number of benzene rings is 1. The fraction of sp³-hybridized carbons (Fsp3) is 0.471. The number of imide groups is 2. The molecule has 1 saturated heterocycles. The molecule has 1 heterocycles. The summed E-state index contributed by atoms with van der Waals surface area (Å²) in [6.07, 6.45) is 5.21. The Bertz CT molecular complexity index is 559. The number of amides is 4. The van der Waals surface area contributed by atoms with Gasteiger partial charge >= 0.3 is 6.03 Å². The second-order valence-corrected chi connectivity index (χ2v) is 6.05. The zero-order valence-corrected chi connectivity index (χ0v) is 12.5. The molecule has 1 aliphatic heterocycles. The van der Waals surface area contributed by atoms with Crippen molar-refractivity contribution in [3.63, 3.8) is 0 Å². The van der Waals surface area contributed by atoms with Crippen LogP contribution in [0.4, 0.5) is 4.79 Å². The second-order valence-electron chi connectivity index (χ2n) is 6.05. The molecule has 4 amide bonds. The van der Waals surface area contributed by atoms with Crippen LogP contribution in [0.3, 0.4) is 0 Å². The molecule has 1 N–H and O–H groups in total. The maximum Gasteiger partial charge on any atom is 0.331 e. The zero-order valence-electron chi connectivity index (χ0n) is 12.5.